The number of likely N-dealkylation sites (N-methyl/N-ethyl adjacent to an activating group) is 1. The fraction of sp³-hybridized carbons (Fsp3) is 0.625. The van der Waals surface area contributed by atoms with Crippen molar-refractivity contribution in [3.8, 4) is 0 Å². The monoisotopic (exact) mass is 292 g/mol. The van der Waals surface area contributed by atoms with Gasteiger partial charge in [-0.2, -0.15) is 0 Å². The molecule has 0 bridgehead atoms. The van der Waals surface area contributed by atoms with Crippen molar-refractivity contribution in [1.82, 2.24) is 9.47 Å². The maximum absolute atomic E-state index is 12.6. The molecule has 5 heteroatoms. The smallest absolute Gasteiger partial charge is 0.308 e. The van der Waals surface area contributed by atoms with Crippen LogP contribution in [0.15, 0.2) is 10.9 Å². The molecule has 0 aliphatic carbocycles. The molecule has 1 aromatic rings. The summed E-state index contributed by atoms with van der Waals surface area (Å²) in [5.41, 5.74) is 2.47. The lowest BCUT2D eigenvalue weighted by molar-refractivity contribution is -0.136. The topological polar surface area (TPSA) is 62.5 Å². The van der Waals surface area contributed by atoms with Crippen molar-refractivity contribution in [1.29, 1.82) is 0 Å². The minimum absolute atomic E-state index is 0.124. The van der Waals surface area contributed by atoms with E-state index < -0.39 is 5.97 Å². The third-order valence-corrected chi connectivity index (χ3v) is 4.01. The van der Waals surface area contributed by atoms with Crippen LogP contribution in [0.2, 0.25) is 0 Å². The third kappa shape index (κ3) is 3.73. The van der Waals surface area contributed by atoms with Crippen molar-refractivity contribution < 1.29 is 9.90 Å². The van der Waals surface area contributed by atoms with Crippen molar-refractivity contribution in [3.63, 3.8) is 0 Å². The molecule has 2 heterocycles. The summed E-state index contributed by atoms with van der Waals surface area (Å²) in [4.78, 5) is 25.7. The maximum Gasteiger partial charge on any atom is 0.308 e. The highest BCUT2D eigenvalue weighted by molar-refractivity contribution is 5.70. The molecule has 0 unspecified atom stereocenters. The van der Waals surface area contributed by atoms with E-state index in [1.165, 1.54) is 0 Å². The molecule has 2 rings (SSSR count). The van der Waals surface area contributed by atoms with Gasteiger partial charge in [-0.3, -0.25) is 9.59 Å². The van der Waals surface area contributed by atoms with E-state index in [-0.39, 0.29) is 12.0 Å². The Hall–Kier alpha value is -1.62. The molecule has 1 aliphatic heterocycles. The van der Waals surface area contributed by atoms with E-state index >= 15 is 0 Å². The Balaban J connectivity index is 2.46. The summed E-state index contributed by atoms with van der Waals surface area (Å²) in [5.74, 6) is -0.437. The molecule has 116 valence electrons. The Labute approximate surface area is 125 Å². The summed E-state index contributed by atoms with van der Waals surface area (Å²) >= 11 is 0. The molecule has 0 spiro atoms. The van der Waals surface area contributed by atoms with Crippen molar-refractivity contribution in [2.45, 2.75) is 46.2 Å². The summed E-state index contributed by atoms with van der Waals surface area (Å²) in [5, 5.41) is 9.00. The van der Waals surface area contributed by atoms with Crippen molar-refractivity contribution in [2.75, 3.05) is 13.6 Å². The highest BCUT2D eigenvalue weighted by atomic mass is 16.4. The van der Waals surface area contributed by atoms with E-state index in [1.807, 2.05) is 11.6 Å². The lowest BCUT2D eigenvalue weighted by atomic mass is 10.0. The van der Waals surface area contributed by atoms with Gasteiger partial charge < -0.3 is 14.6 Å². The van der Waals surface area contributed by atoms with Crippen molar-refractivity contribution in [3.05, 3.63) is 33.2 Å². The zero-order chi connectivity index (χ0) is 15.6. The predicted octanol–water partition coefficient (Wildman–Crippen LogP) is 1.51. The van der Waals surface area contributed by atoms with Crippen LogP contribution in [0.25, 0.3) is 0 Å². The van der Waals surface area contributed by atoms with Gasteiger partial charge in [0.05, 0.1) is 6.42 Å². The van der Waals surface area contributed by atoms with Crippen LogP contribution in [0.4, 0.5) is 0 Å². The standard InChI is InChI=1S/C16H24N2O3/c1-11(2)4-7-18-14-5-6-17(3)10-13(14)8-12(16(18)21)9-15(19)20/h8,11H,4-7,9-10H2,1-3H3,(H,19,20). The number of carbonyl (C=O) groups is 1. The van der Waals surface area contributed by atoms with Gasteiger partial charge in [-0.05, 0) is 31.0 Å². The Morgan fingerprint density at radius 3 is 2.76 bits per heavy atom. The first-order valence-corrected chi connectivity index (χ1v) is 7.53. The molecule has 1 N–H and O–H groups in total. The quantitative estimate of drug-likeness (QED) is 0.893. The fourth-order valence-corrected chi connectivity index (χ4v) is 2.84. The van der Waals surface area contributed by atoms with Crippen LogP contribution in [0.1, 0.15) is 37.1 Å². The van der Waals surface area contributed by atoms with E-state index in [4.69, 9.17) is 5.11 Å². The number of rotatable bonds is 5. The molecule has 0 radical (unpaired) electrons. The normalized spacial score (nSPS) is 15.2. The molecule has 1 aromatic heterocycles. The Bertz CT molecular complexity index is 590. The summed E-state index contributed by atoms with van der Waals surface area (Å²) in [7, 11) is 2.05. The average molecular weight is 292 g/mol. The van der Waals surface area contributed by atoms with E-state index in [0.717, 1.165) is 37.2 Å². The van der Waals surface area contributed by atoms with Crippen LogP contribution >= 0.6 is 0 Å². The second kappa shape index (κ2) is 6.43. The van der Waals surface area contributed by atoms with E-state index in [9.17, 15) is 9.59 Å². The molecule has 1 aliphatic rings. The van der Waals surface area contributed by atoms with Gasteiger partial charge in [0.1, 0.15) is 0 Å². The first-order chi connectivity index (χ1) is 9.88. The first kappa shape index (κ1) is 15.8. The molecular weight excluding hydrogens is 268 g/mol. The van der Waals surface area contributed by atoms with Crippen LogP contribution in [0.3, 0.4) is 0 Å². The fourth-order valence-electron chi connectivity index (χ4n) is 2.84. The van der Waals surface area contributed by atoms with Gasteiger partial charge in [0.2, 0.25) is 0 Å². The van der Waals surface area contributed by atoms with Gasteiger partial charge in [0.15, 0.2) is 0 Å². The Kier molecular flexibility index (Phi) is 4.83. The van der Waals surface area contributed by atoms with E-state index in [2.05, 4.69) is 18.7 Å². The van der Waals surface area contributed by atoms with Crippen LogP contribution < -0.4 is 5.56 Å². The van der Waals surface area contributed by atoms with Crippen LogP contribution in [0, 0.1) is 5.92 Å². The average Bonchev–Trinajstić information content (AvgIpc) is 2.38. The second-order valence-corrected chi connectivity index (χ2v) is 6.34. The second-order valence-electron chi connectivity index (χ2n) is 6.34. The zero-order valence-corrected chi connectivity index (χ0v) is 13.1. The van der Waals surface area contributed by atoms with Crippen LogP contribution in [-0.2, 0) is 30.7 Å². The van der Waals surface area contributed by atoms with Gasteiger partial charge in [-0.15, -0.1) is 0 Å². The van der Waals surface area contributed by atoms with Gasteiger partial charge in [-0.1, -0.05) is 13.8 Å². The van der Waals surface area contributed by atoms with Crippen molar-refractivity contribution in [2.24, 2.45) is 5.92 Å². The van der Waals surface area contributed by atoms with Crippen LogP contribution in [-0.4, -0.2) is 34.1 Å². The zero-order valence-electron chi connectivity index (χ0n) is 13.1. The number of fused-ring (bicyclic) bond motifs is 1. The molecule has 0 saturated carbocycles. The number of pyridine rings is 1. The number of carboxylic acid groups (broad SMARTS) is 1. The number of aliphatic carboxylic acids is 1. The summed E-state index contributed by atoms with van der Waals surface area (Å²) in [6.45, 7) is 6.66. The first-order valence-electron chi connectivity index (χ1n) is 7.53. The van der Waals surface area contributed by atoms with Gasteiger partial charge in [-0.25, -0.2) is 0 Å². The van der Waals surface area contributed by atoms with Gasteiger partial charge in [0.25, 0.3) is 5.56 Å². The minimum Gasteiger partial charge on any atom is -0.481 e. The van der Waals surface area contributed by atoms with Crippen molar-refractivity contribution >= 4 is 5.97 Å². The Morgan fingerprint density at radius 2 is 2.14 bits per heavy atom. The number of carboxylic acids is 1. The largest absolute Gasteiger partial charge is 0.481 e. The number of nitrogens with zero attached hydrogens (tertiary/aromatic N) is 2. The lowest BCUT2D eigenvalue weighted by Crippen LogP contribution is -2.36. The van der Waals surface area contributed by atoms with Gasteiger partial charge in [0, 0.05) is 37.3 Å². The number of hydrogen-bond acceptors (Lipinski definition) is 3. The van der Waals surface area contributed by atoms with E-state index in [0.29, 0.717) is 18.0 Å². The minimum atomic E-state index is -0.952. The predicted molar refractivity (Wildman–Crippen MR) is 81.5 cm³/mol. The molecule has 5 nitrogen and oxygen atoms in total. The summed E-state index contributed by atoms with van der Waals surface area (Å²) in [6, 6.07) is 1.80. The number of aromatic nitrogens is 1. The SMILES string of the molecule is CC(C)CCn1c2c(cc(CC(=O)O)c1=O)CN(C)CC2. The number of hydrogen-bond donors (Lipinski definition) is 1. The maximum atomic E-state index is 12.6. The molecule has 0 saturated heterocycles. The molecule has 21 heavy (non-hydrogen) atoms. The molecular formula is C16H24N2O3. The summed E-state index contributed by atoms with van der Waals surface area (Å²) in [6.07, 6.45) is 1.59. The molecule has 0 atom stereocenters. The molecule has 0 fully saturated rings. The highest BCUT2D eigenvalue weighted by Gasteiger charge is 2.20. The third-order valence-electron chi connectivity index (χ3n) is 4.01. The summed E-state index contributed by atoms with van der Waals surface area (Å²) < 4.78 is 1.82. The molecule has 0 aromatic carbocycles. The highest BCUT2D eigenvalue weighted by Crippen LogP contribution is 2.19. The lowest BCUT2D eigenvalue weighted by Gasteiger charge is -2.28. The van der Waals surface area contributed by atoms with E-state index in [1.54, 1.807) is 6.07 Å². The Morgan fingerprint density at radius 1 is 1.43 bits per heavy atom. The molecule has 0 amide bonds. The van der Waals surface area contributed by atoms with Crippen LogP contribution in [0.5, 0.6) is 0 Å². The van der Waals surface area contributed by atoms with Gasteiger partial charge >= 0.3 is 5.97 Å².